The quantitative estimate of drug-likeness (QED) is 0.659. The first kappa shape index (κ1) is 8.84. The van der Waals surface area contributed by atoms with Gasteiger partial charge in [-0.2, -0.15) is 0 Å². The highest BCUT2D eigenvalue weighted by Gasteiger charge is 2.56. The molecule has 3 heterocycles. The Morgan fingerprint density at radius 3 is 2.92 bits per heavy atom. The summed E-state index contributed by atoms with van der Waals surface area (Å²) < 4.78 is 11.8. The van der Waals surface area contributed by atoms with Gasteiger partial charge in [-0.1, -0.05) is 29.3 Å². The number of fused-ring (bicyclic) bond motifs is 5. The van der Waals surface area contributed by atoms with Gasteiger partial charge in [-0.15, -0.1) is 11.8 Å². The Bertz CT molecular complexity index is 363. The van der Waals surface area contributed by atoms with E-state index in [-0.39, 0.29) is 16.4 Å². The van der Waals surface area contributed by atoms with Gasteiger partial charge in [0.15, 0.2) is 0 Å². The van der Waals surface area contributed by atoms with E-state index >= 15 is 0 Å². The van der Waals surface area contributed by atoms with Gasteiger partial charge in [0.25, 0.3) is 0 Å². The summed E-state index contributed by atoms with van der Waals surface area (Å²) in [6.45, 7) is 0. The minimum atomic E-state index is -0.831. The first-order chi connectivity index (χ1) is 6.20. The molecule has 0 aromatic rings. The fourth-order valence-electron chi connectivity index (χ4n) is 2.20. The van der Waals surface area contributed by atoms with Crippen LogP contribution in [-0.4, -0.2) is 20.0 Å². The minimum absolute atomic E-state index is 0.0181. The van der Waals surface area contributed by atoms with E-state index in [1.165, 1.54) is 0 Å². The highest BCUT2D eigenvalue weighted by molar-refractivity contribution is 8.04. The second-order valence-electron chi connectivity index (χ2n) is 3.39. The second kappa shape index (κ2) is 2.78. The second-order valence-corrected chi connectivity index (χ2v) is 7.03. The number of hydrogen-bond acceptors (Lipinski definition) is 2. The maximum absolute atomic E-state index is 11.8. The van der Waals surface area contributed by atoms with Crippen LogP contribution in [0.15, 0.2) is 21.5 Å². The molecule has 0 saturated carbocycles. The van der Waals surface area contributed by atoms with Crippen molar-refractivity contribution in [3.8, 4) is 0 Å². The van der Waals surface area contributed by atoms with Crippen molar-refractivity contribution < 1.29 is 4.21 Å². The fraction of sp³-hybridized carbons (Fsp3) is 0.500. The van der Waals surface area contributed by atoms with E-state index in [4.69, 9.17) is 23.2 Å². The topological polar surface area (TPSA) is 17.1 Å². The van der Waals surface area contributed by atoms with E-state index in [1.807, 2.05) is 11.5 Å². The molecule has 0 aromatic heterocycles. The molecule has 2 bridgehead atoms. The van der Waals surface area contributed by atoms with Crippen molar-refractivity contribution in [3.05, 3.63) is 21.5 Å². The molecule has 0 amide bonds. The van der Waals surface area contributed by atoms with Gasteiger partial charge >= 0.3 is 0 Å². The Balaban J connectivity index is 2.10. The van der Waals surface area contributed by atoms with Crippen molar-refractivity contribution in [3.63, 3.8) is 0 Å². The summed E-state index contributed by atoms with van der Waals surface area (Å²) in [6, 6.07) is 0. The van der Waals surface area contributed by atoms with Crippen LogP contribution in [0.5, 0.6) is 0 Å². The summed E-state index contributed by atoms with van der Waals surface area (Å²) in [5.41, 5.74) is 0. The van der Waals surface area contributed by atoms with Crippen LogP contribution in [-0.2, 0) is 10.8 Å². The van der Waals surface area contributed by atoms with Crippen LogP contribution in [0.25, 0.3) is 0 Å². The molecule has 0 spiro atoms. The first-order valence-corrected chi connectivity index (χ1v) is 6.95. The molecule has 1 unspecified atom stereocenters. The minimum Gasteiger partial charge on any atom is -0.258 e. The molecule has 0 N–H and O–H groups in total. The largest absolute Gasteiger partial charge is 0.258 e. The van der Waals surface area contributed by atoms with E-state index in [9.17, 15) is 4.21 Å². The molecule has 0 aromatic carbocycles. The standard InChI is InChI=1S/C8H6Cl2OS2/c9-3-1-5-7-6(4(10)2-12-7)8(3)13(5)11/h1-2,5-8H/t5-,6+,7+,8+,13?/m1/s1. The van der Waals surface area contributed by atoms with Crippen LogP contribution in [0.4, 0.5) is 0 Å². The van der Waals surface area contributed by atoms with E-state index in [0.29, 0.717) is 5.25 Å². The van der Waals surface area contributed by atoms with Crippen molar-refractivity contribution >= 4 is 45.8 Å². The Morgan fingerprint density at radius 1 is 1.38 bits per heavy atom. The van der Waals surface area contributed by atoms with Gasteiger partial charge in [-0.3, -0.25) is 4.21 Å². The van der Waals surface area contributed by atoms with Gasteiger partial charge in [-0.25, -0.2) is 0 Å². The van der Waals surface area contributed by atoms with Crippen LogP contribution in [0.1, 0.15) is 0 Å². The zero-order valence-electron chi connectivity index (χ0n) is 6.44. The molecular weight excluding hydrogens is 247 g/mol. The maximum Gasteiger partial charge on any atom is 0.0796 e. The normalized spacial score (nSPS) is 52.0. The zero-order chi connectivity index (χ0) is 9.16. The Morgan fingerprint density at radius 2 is 2.15 bits per heavy atom. The van der Waals surface area contributed by atoms with Crippen LogP contribution in [0, 0.1) is 5.92 Å². The van der Waals surface area contributed by atoms with E-state index in [2.05, 4.69) is 0 Å². The fourth-order valence-corrected chi connectivity index (χ4v) is 7.11. The monoisotopic (exact) mass is 252 g/mol. The van der Waals surface area contributed by atoms with Gasteiger partial charge in [-0.05, 0) is 5.41 Å². The lowest BCUT2D eigenvalue weighted by Gasteiger charge is -2.19. The number of allylic oxidation sites excluding steroid dienone is 1. The molecule has 1 nitrogen and oxygen atoms in total. The van der Waals surface area contributed by atoms with Gasteiger partial charge in [0, 0.05) is 32.0 Å². The lowest BCUT2D eigenvalue weighted by molar-refractivity contribution is 0.649. The van der Waals surface area contributed by atoms with Gasteiger partial charge in [0.1, 0.15) is 0 Å². The lowest BCUT2D eigenvalue weighted by atomic mass is 9.94. The van der Waals surface area contributed by atoms with Crippen LogP contribution >= 0.6 is 35.0 Å². The number of rotatable bonds is 0. The first-order valence-electron chi connectivity index (χ1n) is 3.98. The lowest BCUT2D eigenvalue weighted by Crippen LogP contribution is -2.24. The van der Waals surface area contributed by atoms with Gasteiger partial charge in [0.05, 0.1) is 10.5 Å². The average Bonchev–Trinajstić information content (AvgIpc) is 2.65. The molecule has 3 aliphatic heterocycles. The highest BCUT2D eigenvalue weighted by atomic mass is 35.5. The third kappa shape index (κ3) is 0.993. The smallest absolute Gasteiger partial charge is 0.0796 e. The van der Waals surface area contributed by atoms with Crippen molar-refractivity contribution in [2.45, 2.75) is 15.7 Å². The van der Waals surface area contributed by atoms with Crippen molar-refractivity contribution in [2.24, 2.45) is 5.92 Å². The Kier molecular flexibility index (Phi) is 1.89. The predicted molar refractivity (Wildman–Crippen MR) is 58.5 cm³/mol. The summed E-state index contributed by atoms with van der Waals surface area (Å²) >= 11 is 13.8. The van der Waals surface area contributed by atoms with Crippen LogP contribution < -0.4 is 0 Å². The van der Waals surface area contributed by atoms with Crippen molar-refractivity contribution in [2.75, 3.05) is 0 Å². The maximum atomic E-state index is 11.8. The summed E-state index contributed by atoms with van der Waals surface area (Å²) in [7, 11) is -0.831. The van der Waals surface area contributed by atoms with Crippen molar-refractivity contribution in [1.29, 1.82) is 0 Å². The van der Waals surface area contributed by atoms with Gasteiger partial charge in [0.2, 0.25) is 0 Å². The molecule has 13 heavy (non-hydrogen) atoms. The summed E-state index contributed by atoms with van der Waals surface area (Å²) in [5.74, 6) is 0.218. The number of thioether (sulfide) groups is 1. The number of hydrogen-bond donors (Lipinski definition) is 0. The van der Waals surface area contributed by atoms with Crippen molar-refractivity contribution in [1.82, 2.24) is 0 Å². The zero-order valence-corrected chi connectivity index (χ0v) is 9.59. The molecule has 1 fully saturated rings. The molecule has 5 atom stereocenters. The highest BCUT2D eigenvalue weighted by Crippen LogP contribution is 2.55. The Hall–Kier alpha value is 0.560. The molecule has 5 heteroatoms. The summed E-state index contributed by atoms with van der Waals surface area (Å²) in [5, 5.41) is 4.04. The molecule has 3 aliphatic rings. The molecular formula is C8H6Cl2OS2. The third-order valence-corrected chi connectivity index (χ3v) is 7.23. The SMILES string of the molecule is O=S1[C@@H]2C=C(Cl)[C@H]1[C@H]1C(Cl)=CS[C@H]12. The summed E-state index contributed by atoms with van der Waals surface area (Å²) in [4.78, 5) is 0. The van der Waals surface area contributed by atoms with Crippen LogP contribution in [0.2, 0.25) is 0 Å². The van der Waals surface area contributed by atoms with E-state index in [0.717, 1.165) is 10.1 Å². The third-order valence-electron chi connectivity index (χ3n) is 2.77. The average molecular weight is 253 g/mol. The summed E-state index contributed by atoms with van der Waals surface area (Å²) in [6.07, 6.45) is 1.94. The molecule has 70 valence electrons. The van der Waals surface area contributed by atoms with E-state index < -0.39 is 10.8 Å². The number of halogens is 2. The Labute approximate surface area is 93.0 Å². The van der Waals surface area contributed by atoms with Gasteiger partial charge < -0.3 is 0 Å². The molecule has 3 rings (SSSR count). The van der Waals surface area contributed by atoms with E-state index in [1.54, 1.807) is 11.8 Å². The molecule has 0 radical (unpaired) electrons. The molecule has 0 aliphatic carbocycles. The van der Waals surface area contributed by atoms with Crippen LogP contribution in [0.3, 0.4) is 0 Å². The predicted octanol–water partition coefficient (Wildman–Crippen LogP) is 2.43. The molecule has 1 saturated heterocycles.